The van der Waals surface area contributed by atoms with Crippen LogP contribution in [0.1, 0.15) is 12.2 Å². The van der Waals surface area contributed by atoms with Gasteiger partial charge in [-0.15, -0.1) is 0 Å². The Morgan fingerprint density at radius 2 is 2.15 bits per heavy atom. The lowest BCUT2D eigenvalue weighted by Crippen LogP contribution is -2.26. The number of sulfonamides is 1. The van der Waals surface area contributed by atoms with E-state index in [1.54, 1.807) is 31.6 Å². The number of anilines is 1. The van der Waals surface area contributed by atoms with Crippen molar-refractivity contribution in [2.75, 3.05) is 18.9 Å². The maximum atomic E-state index is 12.1. The van der Waals surface area contributed by atoms with E-state index >= 15 is 0 Å². The number of nitrogens with one attached hydrogen (secondary N) is 3. The highest BCUT2D eigenvalue weighted by Crippen LogP contribution is 2.16. The average molecular weight is 295 g/mol. The summed E-state index contributed by atoms with van der Waals surface area (Å²) < 4.78 is 26.8. The predicted octanol–water partition coefficient (Wildman–Crippen LogP) is 0.757. The minimum absolute atomic E-state index is 0.0144. The van der Waals surface area contributed by atoms with Crippen molar-refractivity contribution in [1.29, 1.82) is 0 Å². The van der Waals surface area contributed by atoms with Crippen LogP contribution >= 0.6 is 0 Å². The van der Waals surface area contributed by atoms with E-state index in [4.69, 9.17) is 0 Å². The van der Waals surface area contributed by atoms with Crippen LogP contribution < -0.4 is 10.0 Å². The molecule has 0 saturated carbocycles. The molecule has 2 aromatic heterocycles. The first-order valence-corrected chi connectivity index (χ1v) is 7.72. The van der Waals surface area contributed by atoms with Crippen LogP contribution in [0.4, 0.5) is 5.69 Å². The van der Waals surface area contributed by atoms with E-state index in [1.165, 1.54) is 6.20 Å². The molecule has 2 rings (SSSR count). The number of aromatic amines is 1. The third-order valence-corrected chi connectivity index (χ3v) is 4.15. The van der Waals surface area contributed by atoms with Crippen molar-refractivity contribution in [3.05, 3.63) is 36.5 Å². The molecule has 0 spiro atoms. The maximum Gasteiger partial charge on any atom is 0.260 e. The Morgan fingerprint density at radius 1 is 1.30 bits per heavy atom. The molecular formula is C12H17N5O2S. The Hall–Kier alpha value is -1.93. The van der Waals surface area contributed by atoms with E-state index in [9.17, 15) is 8.42 Å². The van der Waals surface area contributed by atoms with Gasteiger partial charge in [-0.2, -0.15) is 0 Å². The first-order valence-electron chi connectivity index (χ1n) is 6.24. The van der Waals surface area contributed by atoms with Gasteiger partial charge in [-0.25, -0.2) is 23.1 Å². The second-order valence-electron chi connectivity index (χ2n) is 4.14. The topological polar surface area (TPSA) is 99.8 Å². The molecule has 0 saturated heterocycles. The molecule has 2 heterocycles. The first-order chi connectivity index (χ1) is 9.63. The number of H-pyrrole nitrogens is 1. The van der Waals surface area contributed by atoms with Crippen molar-refractivity contribution in [3.63, 3.8) is 0 Å². The van der Waals surface area contributed by atoms with Crippen molar-refractivity contribution in [2.24, 2.45) is 0 Å². The van der Waals surface area contributed by atoms with Crippen molar-refractivity contribution in [1.82, 2.24) is 19.7 Å². The van der Waals surface area contributed by atoms with Crippen LogP contribution in [-0.2, 0) is 16.4 Å². The number of aromatic nitrogens is 3. The second-order valence-corrected chi connectivity index (χ2v) is 5.83. The van der Waals surface area contributed by atoms with Gasteiger partial charge in [0.25, 0.3) is 10.0 Å². The zero-order valence-corrected chi connectivity index (χ0v) is 11.9. The van der Waals surface area contributed by atoms with E-state index in [0.29, 0.717) is 25.1 Å². The standard InChI is InChI=1S/C12H17N5O2S/c1-13-10-4-2-6-16-12(10)20(18,19)17-7-3-5-11-14-8-9-15-11/h2,4,6,8-9,13,17H,3,5,7H2,1H3,(H,14,15). The van der Waals surface area contributed by atoms with Crippen LogP contribution in [0.15, 0.2) is 35.7 Å². The Morgan fingerprint density at radius 3 is 2.85 bits per heavy atom. The van der Waals surface area contributed by atoms with Crippen LogP contribution in [0.5, 0.6) is 0 Å². The number of rotatable bonds is 7. The van der Waals surface area contributed by atoms with Crippen molar-refractivity contribution in [3.8, 4) is 0 Å². The smallest absolute Gasteiger partial charge is 0.260 e. The first kappa shape index (κ1) is 14.5. The monoisotopic (exact) mass is 295 g/mol. The zero-order chi connectivity index (χ0) is 14.4. The lowest BCUT2D eigenvalue weighted by Gasteiger charge is -2.09. The summed E-state index contributed by atoms with van der Waals surface area (Å²) in [4.78, 5) is 11.0. The van der Waals surface area contributed by atoms with Gasteiger partial charge in [0.2, 0.25) is 0 Å². The van der Waals surface area contributed by atoms with Gasteiger partial charge in [0.1, 0.15) is 5.82 Å². The van der Waals surface area contributed by atoms with Crippen molar-refractivity contribution in [2.45, 2.75) is 17.9 Å². The van der Waals surface area contributed by atoms with Crippen LogP contribution in [0.25, 0.3) is 0 Å². The summed E-state index contributed by atoms with van der Waals surface area (Å²) in [5, 5.41) is 2.83. The molecule has 0 bridgehead atoms. The fourth-order valence-corrected chi connectivity index (χ4v) is 2.97. The Bertz CT molecular complexity index is 640. The van der Waals surface area contributed by atoms with Crippen LogP contribution in [0.2, 0.25) is 0 Å². The van der Waals surface area contributed by atoms with Gasteiger partial charge in [0.15, 0.2) is 5.03 Å². The maximum absolute atomic E-state index is 12.1. The molecule has 8 heteroatoms. The third kappa shape index (κ3) is 3.55. The normalized spacial score (nSPS) is 11.4. The average Bonchev–Trinajstić information content (AvgIpc) is 2.97. The van der Waals surface area contributed by atoms with Gasteiger partial charge in [0.05, 0.1) is 5.69 Å². The molecule has 0 radical (unpaired) electrons. The van der Waals surface area contributed by atoms with Gasteiger partial charge < -0.3 is 10.3 Å². The van der Waals surface area contributed by atoms with E-state index < -0.39 is 10.0 Å². The Kier molecular flexibility index (Phi) is 4.70. The van der Waals surface area contributed by atoms with Gasteiger partial charge in [-0.3, -0.25) is 0 Å². The minimum atomic E-state index is -3.60. The molecule has 0 fully saturated rings. The molecule has 0 aliphatic heterocycles. The molecule has 0 aliphatic carbocycles. The molecular weight excluding hydrogens is 278 g/mol. The van der Waals surface area contributed by atoms with E-state index in [-0.39, 0.29) is 5.03 Å². The van der Waals surface area contributed by atoms with Gasteiger partial charge >= 0.3 is 0 Å². The Balaban J connectivity index is 1.94. The molecule has 0 amide bonds. The summed E-state index contributed by atoms with van der Waals surface area (Å²) in [6.07, 6.45) is 6.22. The fraction of sp³-hybridized carbons (Fsp3) is 0.333. The summed E-state index contributed by atoms with van der Waals surface area (Å²) in [6, 6.07) is 3.35. The lowest BCUT2D eigenvalue weighted by atomic mass is 10.3. The van der Waals surface area contributed by atoms with E-state index in [1.807, 2.05) is 0 Å². The Labute approximate surface area is 117 Å². The molecule has 7 nitrogen and oxygen atoms in total. The van der Waals surface area contributed by atoms with Crippen LogP contribution in [0.3, 0.4) is 0 Å². The molecule has 108 valence electrons. The van der Waals surface area contributed by atoms with Crippen LogP contribution in [-0.4, -0.2) is 37.0 Å². The second kappa shape index (κ2) is 6.49. The highest BCUT2D eigenvalue weighted by Gasteiger charge is 2.18. The molecule has 20 heavy (non-hydrogen) atoms. The molecule has 0 unspecified atom stereocenters. The van der Waals surface area contributed by atoms with E-state index in [2.05, 4.69) is 25.0 Å². The SMILES string of the molecule is CNc1cccnc1S(=O)(=O)NCCCc1ncc[nH]1. The predicted molar refractivity (Wildman–Crippen MR) is 75.9 cm³/mol. The number of hydrogen-bond acceptors (Lipinski definition) is 5. The molecule has 3 N–H and O–H groups in total. The van der Waals surface area contributed by atoms with Crippen LogP contribution in [0, 0.1) is 0 Å². The third-order valence-electron chi connectivity index (χ3n) is 2.73. The summed E-state index contributed by atoms with van der Waals surface area (Å²) in [5.74, 6) is 0.845. The molecule has 0 aliphatic rings. The zero-order valence-electron chi connectivity index (χ0n) is 11.1. The number of hydrogen-bond donors (Lipinski definition) is 3. The van der Waals surface area contributed by atoms with Gasteiger partial charge in [-0.05, 0) is 18.6 Å². The number of pyridine rings is 1. The fourth-order valence-electron chi connectivity index (χ4n) is 1.76. The number of aryl methyl sites for hydroxylation is 1. The van der Waals surface area contributed by atoms with E-state index in [0.717, 1.165) is 5.82 Å². The molecule has 0 aromatic carbocycles. The lowest BCUT2D eigenvalue weighted by molar-refractivity contribution is 0.575. The van der Waals surface area contributed by atoms with Crippen molar-refractivity contribution >= 4 is 15.7 Å². The highest BCUT2D eigenvalue weighted by molar-refractivity contribution is 7.89. The van der Waals surface area contributed by atoms with Gasteiger partial charge in [0, 0.05) is 38.6 Å². The largest absolute Gasteiger partial charge is 0.386 e. The number of imidazole rings is 1. The molecule has 2 aromatic rings. The summed E-state index contributed by atoms with van der Waals surface area (Å²) in [7, 11) is -1.94. The minimum Gasteiger partial charge on any atom is -0.386 e. The molecule has 0 atom stereocenters. The number of nitrogens with zero attached hydrogens (tertiary/aromatic N) is 2. The quantitative estimate of drug-likeness (QED) is 0.655. The summed E-state index contributed by atoms with van der Waals surface area (Å²) >= 11 is 0. The highest BCUT2D eigenvalue weighted by atomic mass is 32.2. The summed E-state index contributed by atoms with van der Waals surface area (Å²) in [6.45, 7) is 0.336. The van der Waals surface area contributed by atoms with Gasteiger partial charge in [-0.1, -0.05) is 0 Å². The summed E-state index contributed by atoms with van der Waals surface area (Å²) in [5.41, 5.74) is 0.478. The van der Waals surface area contributed by atoms with Crippen molar-refractivity contribution < 1.29 is 8.42 Å².